The fraction of sp³-hybridized carbons (Fsp3) is 0.500. The van der Waals surface area contributed by atoms with Crippen molar-refractivity contribution in [3.63, 3.8) is 0 Å². The quantitative estimate of drug-likeness (QED) is 0.667. The van der Waals surface area contributed by atoms with Gasteiger partial charge in [-0.05, 0) is 25.0 Å². The zero-order chi connectivity index (χ0) is 12.8. The molecule has 0 saturated heterocycles. The monoisotopic (exact) mass is 250 g/mol. The number of amides is 2. The van der Waals surface area contributed by atoms with Crippen LogP contribution >= 0.6 is 0 Å². The van der Waals surface area contributed by atoms with Crippen LogP contribution in [0.3, 0.4) is 0 Å². The van der Waals surface area contributed by atoms with Crippen molar-refractivity contribution in [1.29, 1.82) is 0 Å². The predicted octanol–water partition coefficient (Wildman–Crippen LogP) is 1.42. The normalized spacial score (nSPS) is 14.1. The van der Waals surface area contributed by atoms with E-state index in [0.29, 0.717) is 18.5 Å². The summed E-state index contributed by atoms with van der Waals surface area (Å²) < 4.78 is 4.93. The van der Waals surface area contributed by atoms with E-state index in [2.05, 4.69) is 20.9 Å². The van der Waals surface area contributed by atoms with E-state index in [0.717, 1.165) is 25.1 Å². The Hall–Kier alpha value is -1.82. The lowest BCUT2D eigenvalue weighted by Crippen LogP contribution is -2.30. The third kappa shape index (κ3) is 4.21. The van der Waals surface area contributed by atoms with Gasteiger partial charge in [-0.2, -0.15) is 0 Å². The second kappa shape index (κ2) is 6.20. The van der Waals surface area contributed by atoms with E-state index in [4.69, 9.17) is 4.74 Å². The summed E-state index contributed by atoms with van der Waals surface area (Å²) in [6.07, 6.45) is 3.83. The van der Waals surface area contributed by atoms with E-state index in [9.17, 15) is 4.79 Å². The number of nitrogens with one attached hydrogen (secondary N) is 3. The molecule has 2 amide bonds. The van der Waals surface area contributed by atoms with Crippen LogP contribution in [0.15, 0.2) is 18.3 Å². The number of aromatic nitrogens is 1. The van der Waals surface area contributed by atoms with Crippen molar-refractivity contribution in [3.05, 3.63) is 18.3 Å². The number of hydrogen-bond acceptors (Lipinski definition) is 4. The van der Waals surface area contributed by atoms with Crippen LogP contribution in [0.5, 0.6) is 0 Å². The molecule has 0 bridgehead atoms. The number of carbonyl (C=O) groups excluding carboxylic acids is 1. The zero-order valence-corrected chi connectivity index (χ0v) is 10.4. The van der Waals surface area contributed by atoms with Crippen LogP contribution in [0.4, 0.5) is 16.3 Å². The number of carbonyl (C=O) groups is 1. The topological polar surface area (TPSA) is 75.3 Å². The molecule has 0 aromatic carbocycles. The van der Waals surface area contributed by atoms with Crippen LogP contribution in [0.1, 0.15) is 12.8 Å². The minimum atomic E-state index is -0.190. The molecule has 0 aliphatic heterocycles. The minimum absolute atomic E-state index is 0.190. The Morgan fingerprint density at radius 2 is 2.33 bits per heavy atom. The van der Waals surface area contributed by atoms with E-state index in [1.165, 1.54) is 0 Å². The SMILES string of the molecule is COCCNc1ccc(NC(=O)NC2CC2)nc1. The average molecular weight is 250 g/mol. The summed E-state index contributed by atoms with van der Waals surface area (Å²) in [4.78, 5) is 15.6. The lowest BCUT2D eigenvalue weighted by Gasteiger charge is -2.08. The van der Waals surface area contributed by atoms with Crippen LogP contribution in [-0.4, -0.2) is 37.3 Å². The molecule has 1 fully saturated rings. The number of nitrogens with zero attached hydrogens (tertiary/aromatic N) is 1. The molecular weight excluding hydrogens is 232 g/mol. The summed E-state index contributed by atoms with van der Waals surface area (Å²) in [5, 5.41) is 8.68. The fourth-order valence-corrected chi connectivity index (χ4v) is 1.44. The third-order valence-electron chi connectivity index (χ3n) is 2.55. The number of urea groups is 1. The molecule has 1 saturated carbocycles. The van der Waals surface area contributed by atoms with Crippen LogP contribution in [0.2, 0.25) is 0 Å². The molecule has 18 heavy (non-hydrogen) atoms. The van der Waals surface area contributed by atoms with Crippen molar-refractivity contribution in [2.75, 3.05) is 30.9 Å². The van der Waals surface area contributed by atoms with Gasteiger partial charge in [-0.25, -0.2) is 9.78 Å². The van der Waals surface area contributed by atoms with Gasteiger partial charge in [-0.15, -0.1) is 0 Å². The zero-order valence-electron chi connectivity index (χ0n) is 10.4. The first-order chi connectivity index (χ1) is 8.78. The standard InChI is InChI=1S/C12H18N4O2/c1-18-7-6-13-10-4-5-11(14-8-10)16-12(17)15-9-2-3-9/h4-5,8-9,13H,2-3,6-7H2,1H3,(H2,14,15,16,17). The molecule has 0 spiro atoms. The Labute approximate surface area is 106 Å². The van der Waals surface area contributed by atoms with Crippen molar-refractivity contribution in [2.24, 2.45) is 0 Å². The van der Waals surface area contributed by atoms with Crippen LogP contribution in [0, 0.1) is 0 Å². The number of pyridine rings is 1. The van der Waals surface area contributed by atoms with Gasteiger partial charge in [-0.1, -0.05) is 0 Å². The van der Waals surface area contributed by atoms with Crippen LogP contribution < -0.4 is 16.0 Å². The molecule has 0 radical (unpaired) electrons. The number of anilines is 2. The fourth-order valence-electron chi connectivity index (χ4n) is 1.44. The molecule has 0 atom stereocenters. The number of rotatable bonds is 6. The summed E-state index contributed by atoms with van der Waals surface area (Å²) in [5.41, 5.74) is 0.903. The Bertz CT molecular complexity index is 390. The van der Waals surface area contributed by atoms with E-state index >= 15 is 0 Å². The molecule has 6 nitrogen and oxygen atoms in total. The molecule has 2 rings (SSSR count). The summed E-state index contributed by atoms with van der Waals surface area (Å²) >= 11 is 0. The van der Waals surface area contributed by atoms with Gasteiger partial charge >= 0.3 is 6.03 Å². The molecule has 98 valence electrons. The maximum Gasteiger partial charge on any atom is 0.320 e. The molecular formula is C12H18N4O2. The van der Waals surface area contributed by atoms with Gasteiger partial charge in [0.15, 0.2) is 0 Å². The molecule has 1 aliphatic carbocycles. The van der Waals surface area contributed by atoms with Crippen molar-refractivity contribution < 1.29 is 9.53 Å². The molecule has 1 aromatic rings. The minimum Gasteiger partial charge on any atom is -0.383 e. The van der Waals surface area contributed by atoms with Gasteiger partial charge in [0.25, 0.3) is 0 Å². The van der Waals surface area contributed by atoms with Crippen LogP contribution in [0.25, 0.3) is 0 Å². The summed E-state index contributed by atoms with van der Waals surface area (Å²) in [6.45, 7) is 1.37. The smallest absolute Gasteiger partial charge is 0.320 e. The Morgan fingerprint density at radius 3 is 2.94 bits per heavy atom. The highest BCUT2D eigenvalue weighted by Crippen LogP contribution is 2.18. The van der Waals surface area contributed by atoms with Crippen molar-refractivity contribution >= 4 is 17.5 Å². The first-order valence-electron chi connectivity index (χ1n) is 6.04. The van der Waals surface area contributed by atoms with E-state index in [-0.39, 0.29) is 6.03 Å². The molecule has 3 N–H and O–H groups in total. The summed E-state index contributed by atoms with van der Waals surface area (Å²) in [7, 11) is 1.66. The highest BCUT2D eigenvalue weighted by molar-refractivity contribution is 5.88. The Kier molecular flexibility index (Phi) is 4.35. The van der Waals surface area contributed by atoms with Crippen LogP contribution in [-0.2, 0) is 4.74 Å². The van der Waals surface area contributed by atoms with Crippen molar-refractivity contribution in [2.45, 2.75) is 18.9 Å². The molecule has 0 unspecified atom stereocenters. The number of hydrogen-bond donors (Lipinski definition) is 3. The first-order valence-corrected chi connectivity index (χ1v) is 6.04. The summed E-state index contributed by atoms with van der Waals surface area (Å²) in [6, 6.07) is 3.79. The average Bonchev–Trinajstić information content (AvgIpc) is 3.15. The third-order valence-corrected chi connectivity index (χ3v) is 2.55. The van der Waals surface area contributed by atoms with Gasteiger partial charge in [0.2, 0.25) is 0 Å². The van der Waals surface area contributed by atoms with E-state index in [1.54, 1.807) is 19.4 Å². The van der Waals surface area contributed by atoms with Crippen molar-refractivity contribution in [3.8, 4) is 0 Å². The second-order valence-electron chi connectivity index (χ2n) is 4.22. The maximum atomic E-state index is 11.5. The molecule has 1 aromatic heterocycles. The largest absolute Gasteiger partial charge is 0.383 e. The van der Waals surface area contributed by atoms with Crippen molar-refractivity contribution in [1.82, 2.24) is 10.3 Å². The highest BCUT2D eigenvalue weighted by Gasteiger charge is 2.23. The van der Waals surface area contributed by atoms with Gasteiger partial charge in [0, 0.05) is 19.7 Å². The maximum absolute atomic E-state index is 11.5. The number of ether oxygens (including phenoxy) is 1. The summed E-state index contributed by atoms with van der Waals surface area (Å²) in [5.74, 6) is 0.547. The predicted molar refractivity (Wildman–Crippen MR) is 69.8 cm³/mol. The van der Waals surface area contributed by atoms with E-state index < -0.39 is 0 Å². The molecule has 1 heterocycles. The van der Waals surface area contributed by atoms with Gasteiger partial charge in [0.05, 0.1) is 18.5 Å². The highest BCUT2D eigenvalue weighted by atomic mass is 16.5. The second-order valence-corrected chi connectivity index (χ2v) is 4.22. The van der Waals surface area contributed by atoms with E-state index in [1.807, 2.05) is 6.07 Å². The Balaban J connectivity index is 1.77. The van der Waals surface area contributed by atoms with Gasteiger partial charge in [0.1, 0.15) is 5.82 Å². The van der Waals surface area contributed by atoms with Gasteiger partial charge in [-0.3, -0.25) is 5.32 Å². The van der Waals surface area contributed by atoms with Gasteiger partial charge < -0.3 is 15.4 Å². The lowest BCUT2D eigenvalue weighted by atomic mass is 10.4. The molecule has 1 aliphatic rings. The number of methoxy groups -OCH3 is 1. The first kappa shape index (κ1) is 12.6. The molecule has 6 heteroatoms. The lowest BCUT2D eigenvalue weighted by molar-refractivity contribution is 0.211. The Morgan fingerprint density at radius 1 is 1.50 bits per heavy atom.